The number of nitrogens with zero attached hydrogens (tertiary/aromatic N) is 1. The predicted octanol–water partition coefficient (Wildman–Crippen LogP) is 3.85. The molecular formula is C23H24N2O5S. The molecule has 1 aliphatic rings. The zero-order chi connectivity index (χ0) is 22.2. The van der Waals surface area contributed by atoms with Crippen LogP contribution in [0.15, 0.2) is 59.6 Å². The number of carbonyl (C=O) groups excluding carboxylic acids is 3. The van der Waals surface area contributed by atoms with Gasteiger partial charge in [-0.3, -0.25) is 24.7 Å². The molecule has 1 aromatic heterocycles. The molecule has 31 heavy (non-hydrogen) atoms. The van der Waals surface area contributed by atoms with E-state index in [1.54, 1.807) is 36.9 Å². The smallest absolute Gasteiger partial charge is 0.219 e. The largest absolute Gasteiger partial charge is 0.439 e. The van der Waals surface area contributed by atoms with E-state index >= 15 is 0 Å². The van der Waals surface area contributed by atoms with Crippen LogP contribution in [0.3, 0.4) is 0 Å². The van der Waals surface area contributed by atoms with E-state index in [1.165, 1.54) is 6.20 Å². The molecular weight excluding hydrogens is 416 g/mol. The van der Waals surface area contributed by atoms with Gasteiger partial charge >= 0.3 is 0 Å². The Balaban J connectivity index is 1.67. The number of allylic oxidation sites excluding steroid dienone is 1. The molecule has 0 spiro atoms. The number of nitrogens with one attached hydrogen (secondary N) is 1. The number of ether oxygens (including phenoxy) is 1. The predicted molar refractivity (Wildman–Crippen MR) is 117 cm³/mol. The Bertz CT molecular complexity index is 956. The van der Waals surface area contributed by atoms with Crippen molar-refractivity contribution in [2.24, 2.45) is 5.92 Å². The highest BCUT2D eigenvalue weighted by Gasteiger charge is 2.40. The monoisotopic (exact) mass is 440 g/mol. The van der Waals surface area contributed by atoms with Gasteiger partial charge in [-0.05, 0) is 43.5 Å². The molecule has 1 aliphatic carbocycles. The van der Waals surface area contributed by atoms with Crippen molar-refractivity contribution < 1.29 is 24.0 Å². The molecule has 1 heterocycles. The first-order valence-electron chi connectivity index (χ1n) is 9.93. The Hall–Kier alpha value is -2.97. The number of Topliss-reactive ketones (excluding diaryl/α,β-unsaturated/α-hetero) is 2. The lowest BCUT2D eigenvalue weighted by atomic mass is 9.76. The maximum absolute atomic E-state index is 12.6. The van der Waals surface area contributed by atoms with Crippen LogP contribution in [0.2, 0.25) is 0 Å². The van der Waals surface area contributed by atoms with Crippen LogP contribution < -0.4 is 10.2 Å². The normalized spacial score (nSPS) is 18.9. The molecule has 0 amide bonds. The molecule has 1 aromatic carbocycles. The fourth-order valence-corrected chi connectivity index (χ4v) is 3.73. The zero-order valence-electron chi connectivity index (χ0n) is 17.4. The van der Waals surface area contributed by atoms with E-state index in [9.17, 15) is 14.4 Å². The number of rotatable bonds is 9. The molecule has 162 valence electrons. The molecule has 0 unspecified atom stereocenters. The van der Waals surface area contributed by atoms with Crippen LogP contribution in [0.25, 0.3) is 0 Å². The Morgan fingerprint density at radius 1 is 1.16 bits per heavy atom. The van der Waals surface area contributed by atoms with Crippen molar-refractivity contribution in [1.29, 1.82) is 0 Å². The lowest BCUT2D eigenvalue weighted by molar-refractivity contribution is -0.141. The molecule has 3 rings (SSSR count). The summed E-state index contributed by atoms with van der Waals surface area (Å²) in [6.07, 6.45) is 4.60. The van der Waals surface area contributed by atoms with Gasteiger partial charge in [0.2, 0.25) is 5.88 Å². The number of ketones is 3. The van der Waals surface area contributed by atoms with Crippen LogP contribution in [0.5, 0.6) is 11.6 Å². The zero-order valence-corrected chi connectivity index (χ0v) is 18.2. The number of carbonyl (C=O) groups is 3. The van der Waals surface area contributed by atoms with Crippen molar-refractivity contribution in [3.63, 3.8) is 0 Å². The van der Waals surface area contributed by atoms with Crippen molar-refractivity contribution in [2.45, 2.75) is 30.6 Å². The summed E-state index contributed by atoms with van der Waals surface area (Å²) in [7, 11) is 0. The van der Waals surface area contributed by atoms with E-state index in [0.29, 0.717) is 23.9 Å². The molecule has 0 atom stereocenters. The van der Waals surface area contributed by atoms with Gasteiger partial charge in [-0.15, -0.1) is 11.8 Å². The number of thioether (sulfide) groups is 1. The maximum atomic E-state index is 12.6. The van der Waals surface area contributed by atoms with Crippen molar-refractivity contribution >= 4 is 29.1 Å². The average molecular weight is 441 g/mol. The third-order valence-corrected chi connectivity index (χ3v) is 5.56. The Morgan fingerprint density at radius 2 is 1.87 bits per heavy atom. The second-order valence-corrected chi connectivity index (χ2v) is 7.82. The van der Waals surface area contributed by atoms with E-state index in [-0.39, 0.29) is 18.8 Å². The summed E-state index contributed by atoms with van der Waals surface area (Å²) in [5.41, 5.74) is 3.05. The van der Waals surface area contributed by atoms with Gasteiger partial charge in [0, 0.05) is 47.7 Å². The van der Waals surface area contributed by atoms with Gasteiger partial charge in [-0.25, -0.2) is 4.98 Å². The van der Waals surface area contributed by atoms with Crippen molar-refractivity contribution in [3.8, 4) is 11.6 Å². The Morgan fingerprint density at radius 3 is 2.52 bits per heavy atom. The summed E-state index contributed by atoms with van der Waals surface area (Å²) < 4.78 is 5.81. The maximum Gasteiger partial charge on any atom is 0.219 e. The van der Waals surface area contributed by atoms with Gasteiger partial charge in [0.05, 0.1) is 6.61 Å². The van der Waals surface area contributed by atoms with Crippen molar-refractivity contribution in [2.75, 3.05) is 12.9 Å². The Labute approximate surface area is 185 Å². The van der Waals surface area contributed by atoms with Crippen LogP contribution in [-0.2, 0) is 19.2 Å². The van der Waals surface area contributed by atoms with Crippen LogP contribution in [0, 0.1) is 5.92 Å². The van der Waals surface area contributed by atoms with E-state index in [1.807, 2.05) is 30.5 Å². The standard InChI is InChI=1S/C23H24N2O5S/c1-3-29-24-12-11-19(26)23-20(27)13-15(14-21(23)28)18-5-4-6-22(25-18)30-16-7-9-17(31-2)10-8-16/h4-12,15,23-24H,3,13-14H2,1-2H3. The van der Waals surface area contributed by atoms with E-state index < -0.39 is 23.3 Å². The summed E-state index contributed by atoms with van der Waals surface area (Å²) in [6.45, 7) is 2.20. The van der Waals surface area contributed by atoms with Crippen LogP contribution >= 0.6 is 11.8 Å². The van der Waals surface area contributed by atoms with Gasteiger partial charge in [0.25, 0.3) is 0 Å². The van der Waals surface area contributed by atoms with Crippen molar-refractivity contribution in [3.05, 3.63) is 60.4 Å². The Kier molecular flexibility index (Phi) is 7.97. The first kappa shape index (κ1) is 22.7. The molecule has 7 nitrogen and oxygen atoms in total. The number of hydrogen-bond acceptors (Lipinski definition) is 8. The average Bonchev–Trinajstić information content (AvgIpc) is 2.77. The van der Waals surface area contributed by atoms with E-state index in [0.717, 1.165) is 11.0 Å². The van der Waals surface area contributed by atoms with Crippen LogP contribution in [0.1, 0.15) is 31.4 Å². The van der Waals surface area contributed by atoms with Gasteiger partial charge in [0.1, 0.15) is 11.7 Å². The first-order chi connectivity index (χ1) is 15.0. The lowest BCUT2D eigenvalue weighted by Gasteiger charge is -2.24. The molecule has 0 saturated heterocycles. The van der Waals surface area contributed by atoms with Crippen LogP contribution in [-0.4, -0.2) is 35.2 Å². The molecule has 8 heteroatoms. The van der Waals surface area contributed by atoms with E-state index in [2.05, 4.69) is 10.5 Å². The lowest BCUT2D eigenvalue weighted by Crippen LogP contribution is -2.37. The molecule has 0 bridgehead atoms. The molecule has 1 fully saturated rings. The fourth-order valence-electron chi connectivity index (χ4n) is 3.32. The highest BCUT2D eigenvalue weighted by Crippen LogP contribution is 2.33. The molecule has 1 N–H and O–H groups in total. The fraction of sp³-hybridized carbons (Fsp3) is 0.304. The number of hydrogen-bond donors (Lipinski definition) is 1. The molecule has 0 aliphatic heterocycles. The number of aromatic nitrogens is 1. The third kappa shape index (κ3) is 6.02. The number of benzene rings is 1. The number of hydroxylamine groups is 1. The summed E-state index contributed by atoms with van der Waals surface area (Å²) in [4.78, 5) is 47.9. The molecule has 1 saturated carbocycles. The molecule has 0 radical (unpaired) electrons. The minimum atomic E-state index is -1.26. The first-order valence-corrected chi connectivity index (χ1v) is 11.2. The summed E-state index contributed by atoms with van der Waals surface area (Å²) >= 11 is 1.64. The molecule has 2 aromatic rings. The second kappa shape index (κ2) is 10.9. The minimum absolute atomic E-state index is 0.0771. The van der Waals surface area contributed by atoms with Gasteiger partial charge in [-0.2, -0.15) is 0 Å². The summed E-state index contributed by atoms with van der Waals surface area (Å²) in [6, 6.07) is 12.9. The minimum Gasteiger partial charge on any atom is -0.439 e. The topological polar surface area (TPSA) is 94.6 Å². The van der Waals surface area contributed by atoms with Gasteiger partial charge in [0.15, 0.2) is 17.3 Å². The van der Waals surface area contributed by atoms with Gasteiger partial charge in [-0.1, -0.05) is 6.07 Å². The summed E-state index contributed by atoms with van der Waals surface area (Å²) in [5, 5.41) is 0. The summed E-state index contributed by atoms with van der Waals surface area (Å²) in [5.74, 6) is -1.93. The quantitative estimate of drug-likeness (QED) is 0.207. The third-order valence-electron chi connectivity index (χ3n) is 4.81. The SMILES string of the molecule is CCONC=CC(=O)C1C(=O)CC(c2cccc(Oc3ccc(SC)cc3)n2)CC1=O. The van der Waals surface area contributed by atoms with E-state index in [4.69, 9.17) is 9.57 Å². The van der Waals surface area contributed by atoms with Crippen molar-refractivity contribution in [1.82, 2.24) is 10.5 Å². The highest BCUT2D eigenvalue weighted by molar-refractivity contribution is 7.98. The second-order valence-electron chi connectivity index (χ2n) is 6.94. The van der Waals surface area contributed by atoms with Crippen LogP contribution in [0.4, 0.5) is 0 Å². The van der Waals surface area contributed by atoms with Gasteiger partial charge < -0.3 is 4.74 Å². The highest BCUT2D eigenvalue weighted by atomic mass is 32.2. The number of pyridine rings is 1.